The van der Waals surface area contributed by atoms with Gasteiger partial charge in [-0.15, -0.1) is 5.73 Å². The van der Waals surface area contributed by atoms with Crippen LogP contribution in [0, 0.1) is 11.8 Å². The summed E-state index contributed by atoms with van der Waals surface area (Å²) in [5.74, 6) is 5.44. The maximum atomic E-state index is 11.3. The van der Waals surface area contributed by atoms with E-state index in [1.165, 1.54) is 0 Å². The number of carbonyl (C=O) groups excluding carboxylic acids is 1. The smallest absolute Gasteiger partial charge is 0.206 e. The van der Waals surface area contributed by atoms with Crippen molar-refractivity contribution in [2.45, 2.75) is 19.8 Å². The van der Waals surface area contributed by atoms with Crippen molar-refractivity contribution < 1.29 is 4.79 Å². The van der Waals surface area contributed by atoms with E-state index < -0.39 is 0 Å². The van der Waals surface area contributed by atoms with E-state index in [0.29, 0.717) is 12.8 Å². The largest absolute Gasteiger partial charge is 0.285 e. The summed E-state index contributed by atoms with van der Waals surface area (Å²) < 4.78 is 0. The Labute approximate surface area is 96.5 Å². The second-order valence-electron chi connectivity index (χ2n) is 3.24. The topological polar surface area (TPSA) is 17.1 Å². The Kier molecular flexibility index (Phi) is 5.48. The second-order valence-corrected chi connectivity index (χ2v) is 3.24. The first kappa shape index (κ1) is 12.0. The monoisotopic (exact) mass is 210 g/mol. The van der Waals surface area contributed by atoms with Gasteiger partial charge in [-0.25, -0.2) is 0 Å². The van der Waals surface area contributed by atoms with Gasteiger partial charge in [0.15, 0.2) is 0 Å². The van der Waals surface area contributed by atoms with Gasteiger partial charge in [0.05, 0.1) is 0 Å². The van der Waals surface area contributed by atoms with E-state index in [4.69, 9.17) is 0 Å². The Bertz CT molecular complexity index is 451. The van der Waals surface area contributed by atoms with Crippen LogP contribution in [0.25, 0.3) is 0 Å². The van der Waals surface area contributed by atoms with Crippen molar-refractivity contribution in [2.75, 3.05) is 0 Å². The van der Waals surface area contributed by atoms with Gasteiger partial charge in [0.25, 0.3) is 0 Å². The highest BCUT2D eigenvalue weighted by Crippen LogP contribution is 1.96. The molecule has 1 heteroatoms. The SMILES string of the molecule is CC=C=CCCC(=O)C#Cc1ccccc1. The van der Waals surface area contributed by atoms with E-state index in [1.807, 2.05) is 49.4 Å². The van der Waals surface area contributed by atoms with Crippen LogP contribution in [0.15, 0.2) is 48.2 Å². The number of hydrogen-bond acceptors (Lipinski definition) is 1. The summed E-state index contributed by atoms with van der Waals surface area (Å²) in [4.78, 5) is 11.3. The third-order valence-corrected chi connectivity index (χ3v) is 1.92. The van der Waals surface area contributed by atoms with Gasteiger partial charge < -0.3 is 0 Å². The molecule has 0 aliphatic heterocycles. The standard InChI is InChI=1S/C15H14O/c1-2-3-4-8-11-15(16)13-12-14-9-6-5-7-10-14/h2,4-7,9-10H,8,11H2,1H3. The molecule has 0 heterocycles. The Morgan fingerprint density at radius 3 is 2.75 bits per heavy atom. The van der Waals surface area contributed by atoms with Gasteiger partial charge in [0.2, 0.25) is 5.78 Å². The van der Waals surface area contributed by atoms with Crippen LogP contribution in [0.4, 0.5) is 0 Å². The van der Waals surface area contributed by atoms with Crippen molar-refractivity contribution in [1.82, 2.24) is 0 Å². The molecule has 0 saturated heterocycles. The van der Waals surface area contributed by atoms with Crippen LogP contribution in [-0.2, 0) is 4.79 Å². The molecule has 0 atom stereocenters. The first-order valence-electron chi connectivity index (χ1n) is 5.28. The predicted octanol–water partition coefficient (Wildman–Crippen LogP) is 3.12. The van der Waals surface area contributed by atoms with E-state index in [1.54, 1.807) is 0 Å². The number of carbonyl (C=O) groups is 1. The minimum Gasteiger partial charge on any atom is -0.285 e. The zero-order chi connectivity index (χ0) is 11.6. The first-order chi connectivity index (χ1) is 7.83. The molecule has 80 valence electrons. The van der Waals surface area contributed by atoms with E-state index in [9.17, 15) is 4.79 Å². The van der Waals surface area contributed by atoms with Gasteiger partial charge in [-0.3, -0.25) is 4.79 Å². The Morgan fingerprint density at radius 2 is 2.06 bits per heavy atom. The summed E-state index contributed by atoms with van der Waals surface area (Å²) in [6.07, 6.45) is 4.83. The lowest BCUT2D eigenvalue weighted by molar-refractivity contribution is -0.113. The van der Waals surface area contributed by atoms with E-state index in [0.717, 1.165) is 5.56 Å². The molecule has 0 amide bonds. The third-order valence-electron chi connectivity index (χ3n) is 1.92. The van der Waals surface area contributed by atoms with Crippen LogP contribution in [-0.4, -0.2) is 5.78 Å². The first-order valence-corrected chi connectivity index (χ1v) is 5.28. The van der Waals surface area contributed by atoms with Crippen LogP contribution in [0.2, 0.25) is 0 Å². The third kappa shape index (κ3) is 5.00. The van der Waals surface area contributed by atoms with Gasteiger partial charge in [-0.2, -0.15) is 0 Å². The van der Waals surface area contributed by atoms with Gasteiger partial charge in [0, 0.05) is 12.0 Å². The Morgan fingerprint density at radius 1 is 1.31 bits per heavy atom. The zero-order valence-electron chi connectivity index (χ0n) is 9.36. The molecule has 1 rings (SSSR count). The molecular formula is C15H14O. The van der Waals surface area contributed by atoms with Crippen LogP contribution < -0.4 is 0 Å². The van der Waals surface area contributed by atoms with Crippen molar-refractivity contribution in [3.8, 4) is 11.8 Å². The average Bonchev–Trinajstić information content (AvgIpc) is 2.33. The molecular weight excluding hydrogens is 196 g/mol. The summed E-state index contributed by atoms with van der Waals surface area (Å²) in [7, 11) is 0. The summed E-state index contributed by atoms with van der Waals surface area (Å²) in [5.41, 5.74) is 3.80. The second kappa shape index (κ2) is 7.29. The molecule has 0 aliphatic rings. The van der Waals surface area contributed by atoms with Crippen LogP contribution in [0.1, 0.15) is 25.3 Å². The summed E-state index contributed by atoms with van der Waals surface area (Å²) in [5, 5.41) is 0. The molecule has 0 saturated carbocycles. The molecule has 0 aromatic heterocycles. The summed E-state index contributed by atoms with van der Waals surface area (Å²) in [6, 6.07) is 9.52. The minimum absolute atomic E-state index is 0.0296. The molecule has 16 heavy (non-hydrogen) atoms. The fourth-order valence-corrected chi connectivity index (χ4v) is 1.13. The maximum Gasteiger partial charge on any atom is 0.206 e. The van der Waals surface area contributed by atoms with Gasteiger partial charge >= 0.3 is 0 Å². The highest BCUT2D eigenvalue weighted by Gasteiger charge is 1.93. The number of allylic oxidation sites excluding steroid dienone is 1. The quantitative estimate of drug-likeness (QED) is 0.553. The van der Waals surface area contributed by atoms with Crippen molar-refractivity contribution >= 4 is 5.78 Å². The highest BCUT2D eigenvalue weighted by molar-refractivity contribution is 5.96. The number of benzene rings is 1. The molecule has 0 aliphatic carbocycles. The number of Topliss-reactive ketones (excluding diaryl/α,β-unsaturated/α-hetero) is 1. The van der Waals surface area contributed by atoms with Gasteiger partial charge in [-0.05, 0) is 43.5 Å². The molecule has 0 radical (unpaired) electrons. The van der Waals surface area contributed by atoms with Gasteiger partial charge in [0.1, 0.15) is 0 Å². The lowest BCUT2D eigenvalue weighted by atomic mass is 10.2. The van der Waals surface area contributed by atoms with Crippen molar-refractivity contribution in [3.63, 3.8) is 0 Å². The normalized spacial score (nSPS) is 8.31. The minimum atomic E-state index is -0.0296. The lowest BCUT2D eigenvalue weighted by Gasteiger charge is -1.87. The lowest BCUT2D eigenvalue weighted by Crippen LogP contribution is -1.91. The summed E-state index contributed by atoms with van der Waals surface area (Å²) in [6.45, 7) is 1.90. The molecule has 0 N–H and O–H groups in total. The van der Waals surface area contributed by atoms with E-state index in [-0.39, 0.29) is 5.78 Å². The molecule has 1 aromatic rings. The number of rotatable bonds is 3. The van der Waals surface area contributed by atoms with Crippen LogP contribution in [0.3, 0.4) is 0 Å². The van der Waals surface area contributed by atoms with E-state index >= 15 is 0 Å². The van der Waals surface area contributed by atoms with Crippen molar-refractivity contribution in [2.24, 2.45) is 0 Å². The molecule has 1 nitrogen and oxygen atoms in total. The predicted molar refractivity (Wildman–Crippen MR) is 65.9 cm³/mol. The Balaban J connectivity index is 2.46. The fourth-order valence-electron chi connectivity index (χ4n) is 1.13. The molecule has 1 aromatic carbocycles. The number of ketones is 1. The zero-order valence-corrected chi connectivity index (χ0v) is 9.36. The maximum absolute atomic E-state index is 11.3. The van der Waals surface area contributed by atoms with Crippen LogP contribution in [0.5, 0.6) is 0 Å². The number of hydrogen-bond donors (Lipinski definition) is 0. The Hall–Kier alpha value is -2.03. The highest BCUT2D eigenvalue weighted by atomic mass is 16.1. The van der Waals surface area contributed by atoms with E-state index in [2.05, 4.69) is 17.6 Å². The van der Waals surface area contributed by atoms with Crippen LogP contribution >= 0.6 is 0 Å². The van der Waals surface area contributed by atoms with Gasteiger partial charge in [-0.1, -0.05) is 24.1 Å². The summed E-state index contributed by atoms with van der Waals surface area (Å²) >= 11 is 0. The van der Waals surface area contributed by atoms with Crippen molar-refractivity contribution in [3.05, 3.63) is 53.8 Å². The average molecular weight is 210 g/mol. The fraction of sp³-hybridized carbons (Fsp3) is 0.200. The molecule has 0 unspecified atom stereocenters. The van der Waals surface area contributed by atoms with Crippen molar-refractivity contribution in [1.29, 1.82) is 0 Å². The molecule has 0 fully saturated rings. The molecule has 0 bridgehead atoms. The molecule has 0 spiro atoms.